The average Bonchev–Trinajstić information content (AvgIpc) is 3.35. The van der Waals surface area contributed by atoms with Crippen LogP contribution in [0.15, 0.2) is 88.3 Å². The van der Waals surface area contributed by atoms with Crippen molar-refractivity contribution < 1.29 is 33.6 Å². The number of hydrogen-bond donors (Lipinski definition) is 1. The molecule has 11 heteroatoms. The van der Waals surface area contributed by atoms with E-state index in [0.29, 0.717) is 45.4 Å². The van der Waals surface area contributed by atoms with Gasteiger partial charge >= 0.3 is 11.9 Å². The Balaban J connectivity index is 1.45. The van der Waals surface area contributed by atoms with Crippen LogP contribution in [0.2, 0.25) is 0 Å². The van der Waals surface area contributed by atoms with Crippen molar-refractivity contribution in [1.82, 2.24) is 4.57 Å². The Labute approximate surface area is 256 Å². The predicted octanol–water partition coefficient (Wildman–Crippen LogP) is 4.09. The van der Waals surface area contributed by atoms with E-state index in [9.17, 15) is 14.4 Å². The lowest BCUT2D eigenvalue weighted by Crippen LogP contribution is -2.39. The van der Waals surface area contributed by atoms with Gasteiger partial charge in [-0.3, -0.25) is 9.36 Å². The summed E-state index contributed by atoms with van der Waals surface area (Å²) < 4.78 is 24.3. The van der Waals surface area contributed by atoms with Gasteiger partial charge in [0.05, 0.1) is 42.0 Å². The number of carbonyl (C=O) groups is 2. The van der Waals surface area contributed by atoms with E-state index in [1.54, 1.807) is 48.5 Å². The molecule has 0 fully saturated rings. The topological polar surface area (TPSA) is 126 Å². The zero-order valence-electron chi connectivity index (χ0n) is 24.3. The van der Waals surface area contributed by atoms with Crippen molar-refractivity contribution >= 4 is 29.4 Å². The van der Waals surface area contributed by atoms with Crippen LogP contribution in [0.5, 0.6) is 17.2 Å². The quantitative estimate of drug-likeness (QED) is 0.251. The van der Waals surface area contributed by atoms with Crippen LogP contribution in [-0.2, 0) is 16.1 Å². The van der Waals surface area contributed by atoms with E-state index < -0.39 is 18.0 Å². The number of aromatic carboxylic acids is 1. The van der Waals surface area contributed by atoms with E-state index in [2.05, 4.69) is 4.99 Å². The van der Waals surface area contributed by atoms with Crippen molar-refractivity contribution in [2.45, 2.75) is 26.5 Å². The van der Waals surface area contributed by atoms with Crippen molar-refractivity contribution in [2.75, 3.05) is 20.3 Å². The lowest BCUT2D eigenvalue weighted by atomic mass is 9.97. The summed E-state index contributed by atoms with van der Waals surface area (Å²) in [5, 5.41) is 9.05. The second kappa shape index (κ2) is 13.4. The standard InChI is InChI=1S/C33H30N2O8S/c1-4-41-26-15-12-23(17-27(26)42-5-2)29-25(32(39)40-3)18-34-33-35(29)30(36)28(44-33)16-20-8-13-24(14-9-20)43-19-21-6-10-22(11-7-21)31(37)38/h6-18,29H,4-5,19H2,1-3H3,(H,37,38)/b28-16-/t29-/m0/s1. The van der Waals surface area contributed by atoms with Crippen LogP contribution in [0.4, 0.5) is 0 Å². The molecule has 0 unspecified atom stereocenters. The molecular weight excluding hydrogens is 584 g/mol. The highest BCUT2D eigenvalue weighted by molar-refractivity contribution is 7.07. The number of esters is 1. The van der Waals surface area contributed by atoms with Crippen LogP contribution in [0, 0.1) is 0 Å². The molecule has 1 atom stereocenters. The number of nitrogens with zero attached hydrogens (tertiary/aromatic N) is 2. The van der Waals surface area contributed by atoms with Gasteiger partial charge in [-0.15, -0.1) is 0 Å². The molecule has 10 nitrogen and oxygen atoms in total. The average molecular weight is 615 g/mol. The number of carbonyl (C=O) groups excluding carboxylic acids is 1. The highest BCUT2D eigenvalue weighted by atomic mass is 32.1. The first-order chi connectivity index (χ1) is 21.3. The van der Waals surface area contributed by atoms with Crippen molar-refractivity contribution in [3.8, 4) is 17.2 Å². The number of methoxy groups -OCH3 is 1. The van der Waals surface area contributed by atoms with Crippen molar-refractivity contribution in [1.29, 1.82) is 0 Å². The van der Waals surface area contributed by atoms with Gasteiger partial charge in [0.15, 0.2) is 16.3 Å². The van der Waals surface area contributed by atoms with E-state index in [0.717, 1.165) is 11.1 Å². The molecule has 1 aliphatic rings. The first kappa shape index (κ1) is 30.3. The van der Waals surface area contributed by atoms with Gasteiger partial charge in [-0.25, -0.2) is 14.6 Å². The number of fused-ring (bicyclic) bond motifs is 1. The van der Waals surface area contributed by atoms with Crippen molar-refractivity contribution in [3.63, 3.8) is 0 Å². The zero-order valence-corrected chi connectivity index (χ0v) is 25.1. The first-order valence-electron chi connectivity index (χ1n) is 13.9. The monoisotopic (exact) mass is 614 g/mol. The molecular formula is C33H30N2O8S. The van der Waals surface area contributed by atoms with Crippen molar-refractivity contribution in [2.24, 2.45) is 4.99 Å². The van der Waals surface area contributed by atoms with Gasteiger partial charge in [0.2, 0.25) is 0 Å². The van der Waals surface area contributed by atoms with Crippen LogP contribution in [0.1, 0.15) is 46.9 Å². The van der Waals surface area contributed by atoms with Gasteiger partial charge in [0, 0.05) is 6.20 Å². The van der Waals surface area contributed by atoms with E-state index in [-0.39, 0.29) is 23.3 Å². The van der Waals surface area contributed by atoms with Gasteiger partial charge in [-0.05, 0) is 73.0 Å². The lowest BCUT2D eigenvalue weighted by Gasteiger charge is -2.23. The maximum atomic E-state index is 13.8. The van der Waals surface area contributed by atoms with Crippen LogP contribution < -0.4 is 29.1 Å². The van der Waals surface area contributed by atoms with Gasteiger partial charge in [-0.2, -0.15) is 0 Å². The molecule has 44 heavy (non-hydrogen) atoms. The largest absolute Gasteiger partial charge is 0.490 e. The first-order valence-corrected chi connectivity index (χ1v) is 14.7. The summed E-state index contributed by atoms with van der Waals surface area (Å²) in [6.07, 6.45) is 3.21. The molecule has 4 aromatic rings. The van der Waals surface area contributed by atoms with Crippen LogP contribution in [-0.4, -0.2) is 41.9 Å². The summed E-state index contributed by atoms with van der Waals surface area (Å²) in [6, 6.07) is 18.3. The summed E-state index contributed by atoms with van der Waals surface area (Å²) in [5.41, 5.74) is 2.39. The second-order valence-electron chi connectivity index (χ2n) is 9.61. The molecule has 0 saturated heterocycles. The summed E-state index contributed by atoms with van der Waals surface area (Å²) in [5.74, 6) is 0.127. The number of hydrogen-bond acceptors (Lipinski definition) is 9. The molecule has 3 aromatic carbocycles. The summed E-state index contributed by atoms with van der Waals surface area (Å²) in [6.45, 7) is 4.89. The second-order valence-corrected chi connectivity index (χ2v) is 10.6. The minimum absolute atomic E-state index is 0.214. The number of aromatic nitrogens is 1. The fourth-order valence-corrected chi connectivity index (χ4v) is 5.68. The van der Waals surface area contributed by atoms with Crippen LogP contribution >= 0.6 is 11.3 Å². The molecule has 0 spiro atoms. The zero-order chi connectivity index (χ0) is 31.2. The van der Waals surface area contributed by atoms with Crippen molar-refractivity contribution in [3.05, 3.63) is 120 Å². The third-order valence-corrected chi connectivity index (χ3v) is 7.79. The molecule has 1 aromatic heterocycles. The molecule has 226 valence electrons. The number of rotatable bonds is 11. The normalized spacial score (nSPS) is 14.2. The van der Waals surface area contributed by atoms with Gasteiger partial charge in [0.1, 0.15) is 12.4 Å². The fraction of sp³-hybridized carbons (Fsp3) is 0.212. The molecule has 0 aliphatic carbocycles. The Morgan fingerprint density at radius 3 is 2.32 bits per heavy atom. The molecule has 5 rings (SSSR count). The highest BCUT2D eigenvalue weighted by Gasteiger charge is 2.31. The third kappa shape index (κ3) is 6.42. The van der Waals surface area contributed by atoms with E-state index in [4.69, 9.17) is 24.1 Å². The van der Waals surface area contributed by atoms with Gasteiger partial charge in [0.25, 0.3) is 5.56 Å². The maximum Gasteiger partial charge on any atom is 0.337 e. The molecule has 0 saturated carbocycles. The number of carboxylic acid groups (broad SMARTS) is 1. The summed E-state index contributed by atoms with van der Waals surface area (Å²) in [7, 11) is 1.29. The summed E-state index contributed by atoms with van der Waals surface area (Å²) >= 11 is 1.22. The number of ether oxygens (including phenoxy) is 4. The molecule has 2 heterocycles. The van der Waals surface area contributed by atoms with E-state index in [1.165, 1.54) is 41.3 Å². The molecule has 0 radical (unpaired) electrons. The van der Waals surface area contributed by atoms with Crippen LogP contribution in [0.3, 0.4) is 0 Å². The van der Waals surface area contributed by atoms with Gasteiger partial charge in [-0.1, -0.05) is 41.7 Å². The SMILES string of the molecule is CCOc1ccc([C@H]2C(C(=O)OC)=CN=c3s/c(=C\c4ccc(OCc5ccc(C(=O)O)cc5)cc4)c(=O)n32)cc1OCC. The van der Waals surface area contributed by atoms with Gasteiger partial charge < -0.3 is 24.1 Å². The highest BCUT2D eigenvalue weighted by Crippen LogP contribution is 2.35. The van der Waals surface area contributed by atoms with E-state index >= 15 is 0 Å². The smallest absolute Gasteiger partial charge is 0.337 e. The molecule has 0 amide bonds. The molecule has 1 aliphatic heterocycles. The Hall–Kier alpha value is -5.16. The Morgan fingerprint density at radius 2 is 1.66 bits per heavy atom. The third-order valence-electron chi connectivity index (χ3n) is 6.79. The van der Waals surface area contributed by atoms with Crippen LogP contribution in [0.25, 0.3) is 6.08 Å². The fourth-order valence-electron chi connectivity index (χ4n) is 4.71. The predicted molar refractivity (Wildman–Crippen MR) is 164 cm³/mol. The summed E-state index contributed by atoms with van der Waals surface area (Å²) in [4.78, 5) is 42.5. The number of thiazole rings is 1. The molecule has 0 bridgehead atoms. The maximum absolute atomic E-state index is 13.8. The molecule has 1 N–H and O–H groups in total. The number of carboxylic acids is 1. The Bertz CT molecular complexity index is 1890. The number of benzene rings is 3. The Kier molecular flexibility index (Phi) is 9.25. The van der Waals surface area contributed by atoms with E-state index in [1.807, 2.05) is 26.0 Å². The lowest BCUT2D eigenvalue weighted by molar-refractivity contribution is -0.136. The minimum atomic E-state index is -0.980. The Morgan fingerprint density at radius 1 is 0.955 bits per heavy atom. The minimum Gasteiger partial charge on any atom is -0.490 e.